The van der Waals surface area contributed by atoms with E-state index in [-0.39, 0.29) is 23.9 Å². The van der Waals surface area contributed by atoms with Gasteiger partial charge < -0.3 is 10.1 Å². The van der Waals surface area contributed by atoms with Crippen LogP contribution in [0.1, 0.15) is 24.5 Å². The van der Waals surface area contributed by atoms with Gasteiger partial charge in [0.05, 0.1) is 4.92 Å². The minimum atomic E-state index is -0.463. The third-order valence-electron chi connectivity index (χ3n) is 4.20. The highest BCUT2D eigenvalue weighted by Gasteiger charge is 2.32. The average molecular weight is 460 g/mol. The van der Waals surface area contributed by atoms with Crippen molar-refractivity contribution in [3.8, 4) is 5.75 Å². The number of hydrogen-bond acceptors (Lipinski definition) is 5. The quantitative estimate of drug-likeness (QED) is 0.288. The molecule has 0 aromatic heterocycles. The molecule has 3 amide bonds. The van der Waals surface area contributed by atoms with Gasteiger partial charge in [-0.05, 0) is 36.3 Å². The molecule has 2 aromatic rings. The molecule has 150 valence electrons. The highest BCUT2D eigenvalue weighted by molar-refractivity contribution is 9.10. The van der Waals surface area contributed by atoms with Crippen molar-refractivity contribution in [3.63, 3.8) is 0 Å². The molecule has 1 aliphatic heterocycles. The molecule has 2 aromatic carbocycles. The Kier molecular flexibility index (Phi) is 6.28. The lowest BCUT2D eigenvalue weighted by atomic mass is 10.1. The van der Waals surface area contributed by atoms with E-state index in [1.54, 1.807) is 36.4 Å². The number of hydrogen-bond donors (Lipinski definition) is 1. The number of nitrogens with zero attached hydrogens (tertiary/aromatic N) is 2. The van der Waals surface area contributed by atoms with Gasteiger partial charge in [0.1, 0.15) is 18.1 Å². The molecule has 29 heavy (non-hydrogen) atoms. The maximum atomic E-state index is 12.4. The van der Waals surface area contributed by atoms with Crippen LogP contribution in [-0.4, -0.2) is 28.3 Å². The molecule has 0 saturated carbocycles. The number of carbonyl (C=O) groups excluding carboxylic acids is 2. The van der Waals surface area contributed by atoms with Crippen LogP contribution in [0.4, 0.5) is 10.5 Å². The lowest BCUT2D eigenvalue weighted by Gasteiger charge is -2.11. The topological polar surface area (TPSA) is 102 Å². The molecule has 1 heterocycles. The Bertz CT molecular complexity index is 1010. The van der Waals surface area contributed by atoms with Gasteiger partial charge in [0.2, 0.25) is 0 Å². The van der Waals surface area contributed by atoms with E-state index in [0.717, 1.165) is 9.37 Å². The normalized spacial score (nSPS) is 15.0. The summed E-state index contributed by atoms with van der Waals surface area (Å²) in [6.07, 6.45) is 2.23. The van der Waals surface area contributed by atoms with Crippen molar-refractivity contribution >= 4 is 39.6 Å². The van der Waals surface area contributed by atoms with Crippen molar-refractivity contribution in [2.24, 2.45) is 0 Å². The van der Waals surface area contributed by atoms with E-state index in [1.165, 1.54) is 12.1 Å². The van der Waals surface area contributed by atoms with Crippen LogP contribution >= 0.6 is 15.9 Å². The second-order valence-corrected chi connectivity index (χ2v) is 7.26. The third-order valence-corrected chi connectivity index (χ3v) is 4.69. The number of urea groups is 1. The fraction of sp³-hybridized carbons (Fsp3) is 0.200. The van der Waals surface area contributed by atoms with E-state index in [0.29, 0.717) is 29.8 Å². The van der Waals surface area contributed by atoms with Crippen LogP contribution in [0.25, 0.3) is 6.08 Å². The zero-order valence-electron chi connectivity index (χ0n) is 15.6. The number of non-ortho nitro benzene ring substituents is 1. The van der Waals surface area contributed by atoms with Crippen molar-refractivity contribution in [2.45, 2.75) is 20.0 Å². The van der Waals surface area contributed by atoms with Gasteiger partial charge in [-0.15, -0.1) is 0 Å². The molecule has 0 aliphatic carbocycles. The summed E-state index contributed by atoms with van der Waals surface area (Å²) in [4.78, 5) is 36.0. The van der Waals surface area contributed by atoms with Crippen LogP contribution in [-0.2, 0) is 11.4 Å². The standard InChI is InChI=1S/C20H18BrN3O5/c1-2-8-23-19(25)17(22-20(23)26)11-14-10-15(21)6-7-18(14)29-12-13-4-3-5-16(9-13)24(27)28/h3-7,9-11H,2,8,12H2,1H3,(H,22,26)/b17-11+. The maximum absolute atomic E-state index is 12.4. The number of amides is 3. The molecular formula is C20H18BrN3O5. The van der Waals surface area contributed by atoms with Gasteiger partial charge in [-0.25, -0.2) is 4.79 Å². The third kappa shape index (κ3) is 4.80. The first kappa shape index (κ1) is 20.5. The molecule has 0 spiro atoms. The Labute approximate surface area is 175 Å². The van der Waals surface area contributed by atoms with Crippen LogP contribution in [0.5, 0.6) is 5.75 Å². The summed E-state index contributed by atoms with van der Waals surface area (Å²) < 4.78 is 6.61. The lowest BCUT2D eigenvalue weighted by molar-refractivity contribution is -0.384. The van der Waals surface area contributed by atoms with Crippen LogP contribution < -0.4 is 10.1 Å². The van der Waals surface area contributed by atoms with Gasteiger partial charge in [0, 0.05) is 28.7 Å². The molecule has 9 heteroatoms. The number of nitro benzene ring substituents is 1. The first-order valence-corrected chi connectivity index (χ1v) is 9.68. The molecule has 1 fully saturated rings. The monoisotopic (exact) mass is 459 g/mol. The molecular weight excluding hydrogens is 442 g/mol. The van der Waals surface area contributed by atoms with Gasteiger partial charge in [-0.3, -0.25) is 19.8 Å². The van der Waals surface area contributed by atoms with Crippen molar-refractivity contribution in [3.05, 3.63) is 73.9 Å². The van der Waals surface area contributed by atoms with Crippen molar-refractivity contribution in [1.29, 1.82) is 0 Å². The molecule has 8 nitrogen and oxygen atoms in total. The highest BCUT2D eigenvalue weighted by atomic mass is 79.9. The fourth-order valence-electron chi connectivity index (χ4n) is 2.84. The van der Waals surface area contributed by atoms with E-state index in [1.807, 2.05) is 6.92 Å². The zero-order chi connectivity index (χ0) is 21.0. The minimum absolute atomic E-state index is 0.0143. The summed E-state index contributed by atoms with van der Waals surface area (Å²) in [5.74, 6) is 0.0876. The smallest absolute Gasteiger partial charge is 0.329 e. The number of carbonyl (C=O) groups is 2. The Hall–Kier alpha value is -3.20. The number of nitro groups is 1. The zero-order valence-corrected chi connectivity index (χ0v) is 17.1. The van der Waals surface area contributed by atoms with Gasteiger partial charge in [-0.1, -0.05) is 35.0 Å². The van der Waals surface area contributed by atoms with Crippen molar-refractivity contribution < 1.29 is 19.2 Å². The number of ether oxygens (including phenoxy) is 1. The van der Waals surface area contributed by atoms with E-state index in [4.69, 9.17) is 4.74 Å². The molecule has 0 unspecified atom stereocenters. The molecule has 0 radical (unpaired) electrons. The first-order chi connectivity index (χ1) is 13.9. The van der Waals surface area contributed by atoms with Crippen molar-refractivity contribution in [2.75, 3.05) is 6.54 Å². The molecule has 1 saturated heterocycles. The molecule has 1 N–H and O–H groups in total. The summed E-state index contributed by atoms with van der Waals surface area (Å²) in [5.41, 5.74) is 1.38. The van der Waals surface area contributed by atoms with Gasteiger partial charge in [0.25, 0.3) is 11.6 Å². The van der Waals surface area contributed by atoms with Crippen LogP contribution in [0.3, 0.4) is 0 Å². The lowest BCUT2D eigenvalue weighted by Crippen LogP contribution is -2.31. The predicted molar refractivity (Wildman–Crippen MR) is 110 cm³/mol. The van der Waals surface area contributed by atoms with E-state index >= 15 is 0 Å². The first-order valence-electron chi connectivity index (χ1n) is 8.89. The predicted octanol–water partition coefficient (Wildman–Crippen LogP) is 4.24. The van der Waals surface area contributed by atoms with Crippen LogP contribution in [0, 0.1) is 10.1 Å². The van der Waals surface area contributed by atoms with Crippen LogP contribution in [0.15, 0.2) is 52.6 Å². The number of imide groups is 1. The largest absolute Gasteiger partial charge is 0.488 e. The summed E-state index contributed by atoms with van der Waals surface area (Å²) >= 11 is 3.39. The molecule has 0 atom stereocenters. The second-order valence-electron chi connectivity index (χ2n) is 6.34. The summed E-state index contributed by atoms with van der Waals surface area (Å²) in [5, 5.41) is 13.5. The van der Waals surface area contributed by atoms with Crippen molar-refractivity contribution in [1.82, 2.24) is 10.2 Å². The Morgan fingerprint density at radius 1 is 1.24 bits per heavy atom. The number of nitrogens with one attached hydrogen (secondary N) is 1. The summed E-state index contributed by atoms with van der Waals surface area (Å²) in [6.45, 7) is 2.34. The SMILES string of the molecule is CCCN1C(=O)N/C(=C/c2cc(Br)ccc2OCc2cccc([N+](=O)[O-])c2)C1=O. The Morgan fingerprint density at radius 2 is 2.03 bits per heavy atom. The highest BCUT2D eigenvalue weighted by Crippen LogP contribution is 2.27. The Morgan fingerprint density at radius 3 is 2.76 bits per heavy atom. The number of halogens is 1. The van der Waals surface area contributed by atoms with E-state index in [2.05, 4.69) is 21.2 Å². The van der Waals surface area contributed by atoms with Crippen LogP contribution in [0.2, 0.25) is 0 Å². The molecule has 1 aliphatic rings. The summed E-state index contributed by atoms with van der Waals surface area (Å²) in [7, 11) is 0. The maximum Gasteiger partial charge on any atom is 0.329 e. The van der Waals surface area contributed by atoms with E-state index < -0.39 is 11.0 Å². The average Bonchev–Trinajstić information content (AvgIpc) is 2.95. The van der Waals surface area contributed by atoms with E-state index in [9.17, 15) is 19.7 Å². The van der Waals surface area contributed by atoms with Gasteiger partial charge in [-0.2, -0.15) is 0 Å². The minimum Gasteiger partial charge on any atom is -0.488 e. The number of rotatable bonds is 7. The Balaban J connectivity index is 1.83. The fourth-order valence-corrected chi connectivity index (χ4v) is 3.22. The second kappa shape index (κ2) is 8.87. The summed E-state index contributed by atoms with van der Waals surface area (Å²) in [6, 6.07) is 11.0. The molecule has 3 rings (SSSR count). The number of benzene rings is 2. The molecule has 0 bridgehead atoms. The van der Waals surface area contributed by atoms with Gasteiger partial charge >= 0.3 is 6.03 Å². The van der Waals surface area contributed by atoms with Gasteiger partial charge in [0.15, 0.2) is 0 Å².